The highest BCUT2D eigenvalue weighted by Gasteiger charge is 2.19. The van der Waals surface area contributed by atoms with Crippen LogP contribution in [0, 0.1) is 0 Å². The molecule has 0 aromatic carbocycles. The Balaban J connectivity index is 4.15. The lowest BCUT2D eigenvalue weighted by Crippen LogP contribution is -2.30. The fraction of sp³-hybridized carbons (Fsp3) is 0.817. The first kappa shape index (κ1) is 63.4. The van der Waals surface area contributed by atoms with Gasteiger partial charge in [0.1, 0.15) is 13.2 Å². The molecule has 0 aromatic rings. The number of unbranched alkanes of at least 4 members (excludes halogenated alkanes) is 33. The van der Waals surface area contributed by atoms with Crippen molar-refractivity contribution in [2.24, 2.45) is 0 Å². The second-order valence-electron chi connectivity index (χ2n) is 19.2. The molecule has 0 heterocycles. The van der Waals surface area contributed by atoms with E-state index in [1.165, 1.54) is 173 Å². The summed E-state index contributed by atoms with van der Waals surface area (Å²) in [5, 5.41) is 0. The summed E-state index contributed by atoms with van der Waals surface area (Å²) in [6, 6.07) is 0. The van der Waals surface area contributed by atoms with Crippen molar-refractivity contribution in [3.05, 3.63) is 48.6 Å². The molecule has 0 aromatic heterocycles. The van der Waals surface area contributed by atoms with Crippen LogP contribution in [0.3, 0.4) is 0 Å². The standard InChI is InChI=1S/C60H108O6/c1-4-7-10-13-16-19-21-23-25-26-27-28-29-30-31-32-33-34-36-37-39-41-44-47-50-53-59(62)65-56-57(55-64-58(61)52-49-46-43-18-15-12-9-6-3)66-60(63)54-51-48-45-42-40-38-35-24-22-20-17-14-11-8-5-2/h7,10,16,19,23,25,27-28,57H,4-6,8-9,11-15,17-18,20-22,24,26,29-56H2,1-3H3/b10-7-,19-16-,25-23-,28-27-. The Morgan fingerprint density at radius 2 is 0.591 bits per heavy atom. The molecule has 0 aliphatic rings. The molecule has 0 aliphatic carbocycles. The van der Waals surface area contributed by atoms with Crippen LogP contribution in [0.2, 0.25) is 0 Å². The summed E-state index contributed by atoms with van der Waals surface area (Å²) in [5.74, 6) is -0.861. The summed E-state index contributed by atoms with van der Waals surface area (Å²) in [7, 11) is 0. The average molecular weight is 926 g/mol. The number of hydrogen-bond acceptors (Lipinski definition) is 6. The molecule has 1 atom stereocenters. The van der Waals surface area contributed by atoms with Crippen LogP contribution in [0.4, 0.5) is 0 Å². The molecule has 384 valence electrons. The first-order valence-electron chi connectivity index (χ1n) is 28.6. The summed E-state index contributed by atoms with van der Waals surface area (Å²) in [4.78, 5) is 38.0. The Bertz CT molecular complexity index is 1150. The van der Waals surface area contributed by atoms with Crippen molar-refractivity contribution in [2.75, 3.05) is 13.2 Å². The SMILES string of the molecule is CC/C=C\C/C=C\C/C=C\C/C=C\CCCCCCCCCCCCCCC(=O)OCC(COC(=O)CCCCCCCCCC)OC(=O)CCCCCCCCCCCCCCCCC. The van der Waals surface area contributed by atoms with Crippen molar-refractivity contribution in [1.82, 2.24) is 0 Å². The van der Waals surface area contributed by atoms with E-state index in [0.717, 1.165) is 83.5 Å². The molecule has 0 amide bonds. The first-order chi connectivity index (χ1) is 32.5. The third kappa shape index (κ3) is 52.3. The van der Waals surface area contributed by atoms with Gasteiger partial charge < -0.3 is 14.2 Å². The molecule has 0 radical (unpaired) electrons. The van der Waals surface area contributed by atoms with E-state index in [-0.39, 0.29) is 31.1 Å². The third-order valence-electron chi connectivity index (χ3n) is 12.6. The Kier molecular flexibility index (Phi) is 52.8. The lowest BCUT2D eigenvalue weighted by Gasteiger charge is -2.18. The van der Waals surface area contributed by atoms with E-state index < -0.39 is 6.10 Å². The monoisotopic (exact) mass is 925 g/mol. The molecule has 66 heavy (non-hydrogen) atoms. The Morgan fingerprint density at radius 1 is 0.318 bits per heavy atom. The summed E-state index contributed by atoms with van der Waals surface area (Å²) >= 11 is 0. The Morgan fingerprint density at radius 3 is 0.924 bits per heavy atom. The maximum atomic E-state index is 12.8. The second-order valence-corrected chi connectivity index (χ2v) is 19.2. The molecule has 0 aliphatic heterocycles. The maximum Gasteiger partial charge on any atom is 0.306 e. The molecule has 0 fully saturated rings. The van der Waals surface area contributed by atoms with E-state index in [0.29, 0.717) is 19.3 Å². The summed E-state index contributed by atoms with van der Waals surface area (Å²) in [5.41, 5.74) is 0. The minimum Gasteiger partial charge on any atom is -0.462 e. The van der Waals surface area contributed by atoms with Gasteiger partial charge >= 0.3 is 17.9 Å². The van der Waals surface area contributed by atoms with Crippen LogP contribution in [0.25, 0.3) is 0 Å². The maximum absolute atomic E-state index is 12.8. The van der Waals surface area contributed by atoms with E-state index in [9.17, 15) is 14.4 Å². The summed E-state index contributed by atoms with van der Waals surface area (Å²) < 4.78 is 16.8. The highest BCUT2D eigenvalue weighted by Crippen LogP contribution is 2.17. The van der Waals surface area contributed by atoms with Crippen molar-refractivity contribution < 1.29 is 28.6 Å². The van der Waals surface area contributed by atoms with Crippen molar-refractivity contribution in [2.45, 2.75) is 303 Å². The van der Waals surface area contributed by atoms with Crippen LogP contribution in [0.15, 0.2) is 48.6 Å². The molecular weight excluding hydrogens is 817 g/mol. The van der Waals surface area contributed by atoms with Gasteiger partial charge in [0, 0.05) is 19.3 Å². The molecule has 6 nitrogen and oxygen atoms in total. The van der Waals surface area contributed by atoms with Gasteiger partial charge in [-0.3, -0.25) is 14.4 Å². The van der Waals surface area contributed by atoms with E-state index >= 15 is 0 Å². The van der Waals surface area contributed by atoms with Gasteiger partial charge in [0.25, 0.3) is 0 Å². The predicted octanol–water partition coefficient (Wildman–Crippen LogP) is 19.0. The lowest BCUT2D eigenvalue weighted by atomic mass is 10.0. The summed E-state index contributed by atoms with van der Waals surface area (Å²) in [6.45, 7) is 6.53. The summed E-state index contributed by atoms with van der Waals surface area (Å²) in [6.07, 6.45) is 66.9. The molecule has 6 heteroatoms. The Labute approximate surface area is 409 Å². The van der Waals surface area contributed by atoms with Crippen molar-refractivity contribution >= 4 is 17.9 Å². The van der Waals surface area contributed by atoms with Crippen LogP contribution in [-0.2, 0) is 28.6 Å². The molecule has 1 unspecified atom stereocenters. The topological polar surface area (TPSA) is 78.9 Å². The van der Waals surface area contributed by atoms with Gasteiger partial charge in [0.05, 0.1) is 0 Å². The van der Waals surface area contributed by atoms with Crippen LogP contribution in [0.1, 0.15) is 297 Å². The van der Waals surface area contributed by atoms with Gasteiger partial charge in [-0.05, 0) is 57.8 Å². The fourth-order valence-electron chi connectivity index (χ4n) is 8.32. The second kappa shape index (κ2) is 55.0. The minimum atomic E-state index is -0.767. The van der Waals surface area contributed by atoms with E-state index in [1.54, 1.807) is 0 Å². The number of esters is 3. The number of carbonyl (C=O) groups is 3. The van der Waals surface area contributed by atoms with Gasteiger partial charge in [-0.2, -0.15) is 0 Å². The highest BCUT2D eigenvalue weighted by molar-refractivity contribution is 5.71. The van der Waals surface area contributed by atoms with Gasteiger partial charge in [0.2, 0.25) is 0 Å². The lowest BCUT2D eigenvalue weighted by molar-refractivity contribution is -0.167. The minimum absolute atomic E-state index is 0.0690. The van der Waals surface area contributed by atoms with E-state index in [1.807, 2.05) is 0 Å². The van der Waals surface area contributed by atoms with Gasteiger partial charge in [-0.25, -0.2) is 0 Å². The van der Waals surface area contributed by atoms with Gasteiger partial charge in [-0.15, -0.1) is 0 Å². The molecule has 0 saturated carbocycles. The molecule has 0 N–H and O–H groups in total. The predicted molar refractivity (Wildman–Crippen MR) is 284 cm³/mol. The smallest absolute Gasteiger partial charge is 0.306 e. The zero-order valence-electron chi connectivity index (χ0n) is 44.0. The van der Waals surface area contributed by atoms with Crippen LogP contribution in [0.5, 0.6) is 0 Å². The number of ether oxygens (including phenoxy) is 3. The zero-order chi connectivity index (χ0) is 47.9. The van der Waals surface area contributed by atoms with Crippen molar-refractivity contribution in [3.63, 3.8) is 0 Å². The normalized spacial score (nSPS) is 12.3. The average Bonchev–Trinajstić information content (AvgIpc) is 3.31. The van der Waals surface area contributed by atoms with E-state index in [4.69, 9.17) is 14.2 Å². The van der Waals surface area contributed by atoms with Crippen LogP contribution in [-0.4, -0.2) is 37.2 Å². The van der Waals surface area contributed by atoms with Crippen LogP contribution >= 0.6 is 0 Å². The number of rotatable bonds is 52. The Hall–Kier alpha value is -2.63. The number of carbonyl (C=O) groups excluding carboxylic acids is 3. The highest BCUT2D eigenvalue weighted by atomic mass is 16.6. The molecule has 0 bridgehead atoms. The molecule has 0 rings (SSSR count). The molecule has 0 saturated heterocycles. The first-order valence-corrected chi connectivity index (χ1v) is 28.6. The molecule has 0 spiro atoms. The number of allylic oxidation sites excluding steroid dienone is 8. The molecular formula is C60H108O6. The number of hydrogen-bond donors (Lipinski definition) is 0. The van der Waals surface area contributed by atoms with E-state index in [2.05, 4.69) is 69.4 Å². The largest absolute Gasteiger partial charge is 0.462 e. The van der Waals surface area contributed by atoms with Gasteiger partial charge in [0.15, 0.2) is 6.10 Å². The fourth-order valence-corrected chi connectivity index (χ4v) is 8.32. The van der Waals surface area contributed by atoms with Crippen molar-refractivity contribution in [1.29, 1.82) is 0 Å². The zero-order valence-corrected chi connectivity index (χ0v) is 44.0. The van der Waals surface area contributed by atoms with Gasteiger partial charge in [-0.1, -0.05) is 268 Å². The van der Waals surface area contributed by atoms with Crippen molar-refractivity contribution in [3.8, 4) is 0 Å². The quantitative estimate of drug-likeness (QED) is 0.0262. The third-order valence-corrected chi connectivity index (χ3v) is 12.6. The van der Waals surface area contributed by atoms with Crippen LogP contribution < -0.4 is 0 Å².